The maximum atomic E-state index is 10.3. The minimum absolute atomic E-state index is 0.166. The molecule has 3 nitrogen and oxygen atoms in total. The average Bonchev–Trinajstić information content (AvgIpc) is 3.09. The minimum atomic E-state index is -0.235. The van der Waals surface area contributed by atoms with Gasteiger partial charge in [0.05, 0.1) is 6.10 Å². The van der Waals surface area contributed by atoms with Crippen molar-refractivity contribution in [3.63, 3.8) is 0 Å². The summed E-state index contributed by atoms with van der Waals surface area (Å²) in [7, 11) is 0. The topological polar surface area (TPSA) is 49.7 Å². The molecule has 2 N–H and O–H groups in total. The summed E-state index contributed by atoms with van der Waals surface area (Å²) in [6, 6.07) is 0. The molecule has 0 heterocycles. The Bertz CT molecular complexity index is 711. The molecule has 4 aliphatic carbocycles. The van der Waals surface area contributed by atoms with Gasteiger partial charge in [-0.15, -0.1) is 0 Å². The van der Waals surface area contributed by atoms with E-state index >= 15 is 0 Å². The van der Waals surface area contributed by atoms with Gasteiger partial charge in [-0.05, 0) is 104 Å². The molecule has 6 unspecified atom stereocenters. The molecule has 9 atom stereocenters. The third-order valence-corrected chi connectivity index (χ3v) is 10.7. The van der Waals surface area contributed by atoms with Crippen molar-refractivity contribution in [2.24, 2.45) is 46.3 Å². The highest BCUT2D eigenvalue weighted by molar-refractivity contribution is 5.28. The van der Waals surface area contributed by atoms with Gasteiger partial charge in [-0.1, -0.05) is 58.4 Å². The predicted octanol–water partition coefficient (Wildman–Crippen LogP) is 7.02. The van der Waals surface area contributed by atoms with Crippen LogP contribution in [0.15, 0.2) is 23.8 Å². The lowest BCUT2D eigenvalue weighted by atomic mass is 9.46. The van der Waals surface area contributed by atoms with Crippen LogP contribution in [0.25, 0.3) is 0 Å². The van der Waals surface area contributed by atoms with Crippen LogP contribution in [-0.2, 0) is 4.89 Å². The Morgan fingerprint density at radius 2 is 1.87 bits per heavy atom. The fourth-order valence-corrected chi connectivity index (χ4v) is 8.58. The largest absolute Gasteiger partial charge is 0.393 e. The molecule has 31 heavy (non-hydrogen) atoms. The Balaban J connectivity index is 1.56. The van der Waals surface area contributed by atoms with Crippen LogP contribution >= 0.6 is 0 Å². The van der Waals surface area contributed by atoms with Gasteiger partial charge >= 0.3 is 0 Å². The van der Waals surface area contributed by atoms with Crippen LogP contribution in [0.4, 0.5) is 0 Å². The van der Waals surface area contributed by atoms with Gasteiger partial charge in [-0.25, -0.2) is 4.89 Å². The molecule has 0 aliphatic heterocycles. The fraction of sp³-hybridized carbons (Fsp3) is 0.857. The summed E-state index contributed by atoms with van der Waals surface area (Å²) in [6.45, 7) is 16.3. The van der Waals surface area contributed by atoms with E-state index in [0.29, 0.717) is 35.0 Å². The second kappa shape index (κ2) is 8.61. The molecule has 0 aromatic heterocycles. The van der Waals surface area contributed by atoms with E-state index in [-0.39, 0.29) is 17.6 Å². The van der Waals surface area contributed by atoms with Gasteiger partial charge in [0.2, 0.25) is 0 Å². The molecular weight excluding hydrogens is 384 g/mol. The van der Waals surface area contributed by atoms with Crippen LogP contribution in [0, 0.1) is 46.3 Å². The lowest BCUT2D eigenvalue weighted by molar-refractivity contribution is -0.296. The molecule has 0 spiro atoms. The maximum absolute atomic E-state index is 10.3. The van der Waals surface area contributed by atoms with E-state index in [9.17, 15) is 10.4 Å². The van der Waals surface area contributed by atoms with Gasteiger partial charge in [0.25, 0.3) is 0 Å². The van der Waals surface area contributed by atoms with E-state index in [1.54, 1.807) is 0 Å². The Labute approximate surface area is 190 Å². The van der Waals surface area contributed by atoms with Gasteiger partial charge in [0, 0.05) is 0 Å². The molecule has 0 amide bonds. The van der Waals surface area contributed by atoms with E-state index in [0.717, 1.165) is 31.6 Å². The number of allylic oxidation sites excluding steroid dienone is 1. The van der Waals surface area contributed by atoms with Crippen LogP contribution in [0.1, 0.15) is 92.4 Å². The molecule has 3 saturated carbocycles. The molecule has 4 aliphatic rings. The first-order chi connectivity index (χ1) is 14.6. The van der Waals surface area contributed by atoms with Crippen molar-refractivity contribution in [2.75, 3.05) is 0 Å². The lowest BCUT2D eigenvalue weighted by Crippen LogP contribution is -2.55. The zero-order valence-corrected chi connectivity index (χ0v) is 20.6. The molecule has 0 radical (unpaired) electrons. The summed E-state index contributed by atoms with van der Waals surface area (Å²) in [5.41, 5.74) is 3.23. The maximum Gasteiger partial charge on any atom is 0.114 e. The summed E-state index contributed by atoms with van der Waals surface area (Å²) >= 11 is 0. The van der Waals surface area contributed by atoms with Gasteiger partial charge < -0.3 is 5.11 Å². The summed E-state index contributed by atoms with van der Waals surface area (Å²) in [4.78, 5) is 5.17. The van der Waals surface area contributed by atoms with Crippen molar-refractivity contribution in [3.8, 4) is 0 Å². The fourth-order valence-electron chi connectivity index (χ4n) is 8.58. The van der Waals surface area contributed by atoms with Crippen molar-refractivity contribution in [3.05, 3.63) is 23.8 Å². The minimum Gasteiger partial charge on any atom is -0.393 e. The third-order valence-electron chi connectivity index (χ3n) is 10.7. The number of aliphatic hydroxyl groups excluding tert-OH is 1. The smallest absolute Gasteiger partial charge is 0.114 e. The quantitative estimate of drug-likeness (QED) is 0.270. The van der Waals surface area contributed by atoms with Crippen LogP contribution in [0.5, 0.6) is 0 Å². The number of hydrogen-bond donors (Lipinski definition) is 2. The van der Waals surface area contributed by atoms with Crippen molar-refractivity contribution in [2.45, 2.75) is 105 Å². The normalized spacial score (nSPS) is 45.5. The monoisotopic (exact) mass is 430 g/mol. The van der Waals surface area contributed by atoms with E-state index in [1.165, 1.54) is 43.3 Å². The van der Waals surface area contributed by atoms with Gasteiger partial charge in [-0.3, -0.25) is 5.26 Å². The molecule has 0 saturated heterocycles. The summed E-state index contributed by atoms with van der Waals surface area (Å²) in [5.74, 6) is 3.62. The number of aliphatic hydroxyl groups is 1. The molecule has 0 aromatic rings. The van der Waals surface area contributed by atoms with Crippen LogP contribution in [0.3, 0.4) is 0 Å². The molecule has 3 heteroatoms. The molecule has 176 valence electrons. The highest BCUT2D eigenvalue weighted by atomic mass is 17.1. The zero-order chi connectivity index (χ0) is 22.6. The first-order valence-electron chi connectivity index (χ1n) is 13.0. The SMILES string of the molecule is C=C(CCC(C)[C@H]1CCC2C3C(OO)C=C4CC(O)CC[C@]4(C)C3CC[C@@]21C)C(C)C. The average molecular weight is 431 g/mol. The molecule has 0 bridgehead atoms. The predicted molar refractivity (Wildman–Crippen MR) is 126 cm³/mol. The number of fused-ring (bicyclic) bond motifs is 5. The van der Waals surface area contributed by atoms with E-state index in [2.05, 4.69) is 47.3 Å². The molecule has 4 rings (SSSR count). The van der Waals surface area contributed by atoms with Crippen molar-refractivity contribution >= 4 is 0 Å². The molecule has 3 fully saturated rings. The molecule has 0 aromatic carbocycles. The van der Waals surface area contributed by atoms with Gasteiger partial charge in [-0.2, -0.15) is 0 Å². The molecular formula is C28H46O3. The highest BCUT2D eigenvalue weighted by Crippen LogP contribution is 2.67. The summed E-state index contributed by atoms with van der Waals surface area (Å²) in [5, 5.41) is 20.2. The van der Waals surface area contributed by atoms with Gasteiger partial charge in [0.15, 0.2) is 0 Å². The van der Waals surface area contributed by atoms with Crippen molar-refractivity contribution in [1.82, 2.24) is 0 Å². The first-order valence-corrected chi connectivity index (χ1v) is 13.0. The number of hydrogen-bond acceptors (Lipinski definition) is 3. The lowest BCUT2D eigenvalue weighted by Gasteiger charge is -2.59. The Morgan fingerprint density at radius 3 is 2.55 bits per heavy atom. The van der Waals surface area contributed by atoms with Crippen LogP contribution in [-0.4, -0.2) is 22.6 Å². The third kappa shape index (κ3) is 3.87. The van der Waals surface area contributed by atoms with Crippen LogP contribution in [0.2, 0.25) is 0 Å². The Hall–Kier alpha value is -0.640. The van der Waals surface area contributed by atoms with Gasteiger partial charge in [0.1, 0.15) is 6.10 Å². The van der Waals surface area contributed by atoms with E-state index < -0.39 is 0 Å². The van der Waals surface area contributed by atoms with Crippen LogP contribution < -0.4 is 0 Å². The van der Waals surface area contributed by atoms with Crippen molar-refractivity contribution < 1.29 is 15.3 Å². The highest BCUT2D eigenvalue weighted by Gasteiger charge is 2.61. The second-order valence-corrected chi connectivity index (χ2v) is 12.4. The summed E-state index contributed by atoms with van der Waals surface area (Å²) in [6.07, 6.45) is 12.0. The van der Waals surface area contributed by atoms with E-state index in [4.69, 9.17) is 4.89 Å². The summed E-state index contributed by atoms with van der Waals surface area (Å²) < 4.78 is 0. The number of rotatable bonds is 6. The Morgan fingerprint density at radius 1 is 1.13 bits per heavy atom. The first kappa shape index (κ1) is 23.5. The zero-order valence-electron chi connectivity index (χ0n) is 20.6. The Kier molecular flexibility index (Phi) is 6.53. The second-order valence-electron chi connectivity index (χ2n) is 12.4. The van der Waals surface area contributed by atoms with Crippen molar-refractivity contribution in [1.29, 1.82) is 0 Å². The van der Waals surface area contributed by atoms with E-state index in [1.807, 2.05) is 0 Å². The standard InChI is InChI=1S/C28H46O3/c1-17(2)18(3)7-8-19(4)22-9-10-23-26-24(12-14-28(22,23)6)27(5)13-11-21(29)15-20(27)16-25(26)31-30/h16-17,19,21-26,29-30H,3,7-15H2,1-2,4-6H3/t19?,21?,22-,23?,24?,25?,26?,27+,28-/m1/s1.